The van der Waals surface area contributed by atoms with Gasteiger partial charge in [0.2, 0.25) is 5.91 Å². The number of hydrogen-bond acceptors (Lipinski definition) is 3. The van der Waals surface area contributed by atoms with Crippen molar-refractivity contribution in [3.8, 4) is 0 Å². The maximum absolute atomic E-state index is 12.8. The minimum atomic E-state index is -0.279. The number of nitrogens with zero attached hydrogens (tertiary/aromatic N) is 1. The van der Waals surface area contributed by atoms with E-state index in [4.69, 9.17) is 4.74 Å². The second kappa shape index (κ2) is 6.02. The predicted octanol–water partition coefficient (Wildman–Crippen LogP) is 1.55. The molecule has 2 fully saturated rings. The average molecular weight is 254 g/mol. The van der Waals surface area contributed by atoms with Crippen LogP contribution in [-0.2, 0) is 9.53 Å². The summed E-state index contributed by atoms with van der Waals surface area (Å²) in [5.41, 5.74) is -0.279. The van der Waals surface area contributed by atoms with E-state index in [2.05, 4.69) is 19.2 Å². The van der Waals surface area contributed by atoms with Crippen LogP contribution in [0.4, 0.5) is 0 Å². The second-order valence-electron chi connectivity index (χ2n) is 5.65. The zero-order valence-corrected chi connectivity index (χ0v) is 11.7. The Morgan fingerprint density at radius 2 is 2.33 bits per heavy atom. The molecule has 2 saturated heterocycles. The highest BCUT2D eigenvalue weighted by molar-refractivity contribution is 5.86. The molecule has 0 aliphatic carbocycles. The Morgan fingerprint density at radius 3 is 3.00 bits per heavy atom. The van der Waals surface area contributed by atoms with Gasteiger partial charge in [-0.1, -0.05) is 13.3 Å². The molecule has 2 rings (SSSR count). The van der Waals surface area contributed by atoms with Crippen LogP contribution in [-0.4, -0.2) is 48.7 Å². The predicted molar refractivity (Wildman–Crippen MR) is 71.5 cm³/mol. The van der Waals surface area contributed by atoms with Crippen molar-refractivity contribution in [2.75, 3.05) is 26.2 Å². The molecule has 104 valence electrons. The first-order valence-corrected chi connectivity index (χ1v) is 7.34. The van der Waals surface area contributed by atoms with Crippen LogP contribution in [0.1, 0.15) is 46.0 Å². The molecule has 2 unspecified atom stereocenters. The van der Waals surface area contributed by atoms with Gasteiger partial charge in [0.25, 0.3) is 0 Å². The van der Waals surface area contributed by atoms with Crippen molar-refractivity contribution in [2.24, 2.45) is 0 Å². The first-order chi connectivity index (χ1) is 8.68. The highest BCUT2D eigenvalue weighted by atomic mass is 16.5. The molecule has 2 heterocycles. The van der Waals surface area contributed by atoms with Crippen molar-refractivity contribution < 1.29 is 9.53 Å². The molecule has 0 bridgehead atoms. The molecule has 0 aromatic heterocycles. The van der Waals surface area contributed by atoms with E-state index in [0.717, 1.165) is 58.3 Å². The molecule has 2 atom stereocenters. The highest BCUT2D eigenvalue weighted by Crippen LogP contribution is 2.27. The number of rotatable bonds is 3. The summed E-state index contributed by atoms with van der Waals surface area (Å²) < 4.78 is 5.62. The van der Waals surface area contributed by atoms with Crippen LogP contribution in [0.5, 0.6) is 0 Å². The molecule has 4 nitrogen and oxygen atoms in total. The molecule has 0 spiro atoms. The molecule has 1 amide bonds. The number of nitrogens with one attached hydrogen (secondary N) is 1. The smallest absolute Gasteiger partial charge is 0.242 e. The summed E-state index contributed by atoms with van der Waals surface area (Å²) in [7, 11) is 0. The number of hydrogen-bond donors (Lipinski definition) is 1. The van der Waals surface area contributed by atoms with Gasteiger partial charge in [-0.3, -0.25) is 4.79 Å². The van der Waals surface area contributed by atoms with Gasteiger partial charge in [-0.25, -0.2) is 0 Å². The van der Waals surface area contributed by atoms with Gasteiger partial charge in [0.05, 0.1) is 11.6 Å². The summed E-state index contributed by atoms with van der Waals surface area (Å²) in [6, 6.07) is 0. The fourth-order valence-electron chi connectivity index (χ4n) is 3.22. The molecule has 0 radical (unpaired) electrons. The number of carbonyl (C=O) groups is 1. The maximum atomic E-state index is 12.8. The lowest BCUT2D eigenvalue weighted by atomic mass is 9.90. The minimum Gasteiger partial charge on any atom is -0.377 e. The molecule has 18 heavy (non-hydrogen) atoms. The van der Waals surface area contributed by atoms with E-state index in [1.807, 2.05) is 4.90 Å². The maximum Gasteiger partial charge on any atom is 0.242 e. The number of carbonyl (C=O) groups excluding carboxylic acids is 1. The quantitative estimate of drug-likeness (QED) is 0.831. The lowest BCUT2D eigenvalue weighted by molar-refractivity contribution is -0.138. The Bertz CT molecular complexity index is 288. The zero-order valence-electron chi connectivity index (χ0n) is 11.7. The van der Waals surface area contributed by atoms with Gasteiger partial charge < -0.3 is 15.0 Å². The first kappa shape index (κ1) is 13.8. The monoisotopic (exact) mass is 254 g/mol. The van der Waals surface area contributed by atoms with Crippen LogP contribution in [0, 0.1) is 0 Å². The molecule has 2 aliphatic rings. The standard InChI is InChI=1S/C14H26N2O2/c1-3-6-14(7-4-8-15-14)13(17)16-9-5-10-18-12(2)11-16/h12,15H,3-11H2,1-2H3. The summed E-state index contributed by atoms with van der Waals surface area (Å²) in [4.78, 5) is 14.8. The van der Waals surface area contributed by atoms with E-state index in [0.29, 0.717) is 5.91 Å². The fraction of sp³-hybridized carbons (Fsp3) is 0.929. The average Bonchev–Trinajstić information content (AvgIpc) is 2.72. The van der Waals surface area contributed by atoms with Crippen LogP contribution in [0.15, 0.2) is 0 Å². The van der Waals surface area contributed by atoms with Crippen LogP contribution >= 0.6 is 0 Å². The second-order valence-corrected chi connectivity index (χ2v) is 5.65. The van der Waals surface area contributed by atoms with Crippen LogP contribution in [0.2, 0.25) is 0 Å². The van der Waals surface area contributed by atoms with Crippen molar-refractivity contribution in [1.29, 1.82) is 0 Å². The fourth-order valence-corrected chi connectivity index (χ4v) is 3.22. The van der Waals surface area contributed by atoms with E-state index < -0.39 is 0 Å². The van der Waals surface area contributed by atoms with Crippen LogP contribution in [0.3, 0.4) is 0 Å². The number of ether oxygens (including phenoxy) is 1. The Hall–Kier alpha value is -0.610. The third kappa shape index (κ3) is 2.86. The normalized spacial score (nSPS) is 33.4. The Kier molecular flexibility index (Phi) is 4.62. The van der Waals surface area contributed by atoms with Gasteiger partial charge in [-0.15, -0.1) is 0 Å². The molecule has 4 heteroatoms. The van der Waals surface area contributed by atoms with E-state index in [-0.39, 0.29) is 11.6 Å². The van der Waals surface area contributed by atoms with Gasteiger partial charge in [0, 0.05) is 19.7 Å². The van der Waals surface area contributed by atoms with Gasteiger partial charge in [0.15, 0.2) is 0 Å². The summed E-state index contributed by atoms with van der Waals surface area (Å²) in [6.45, 7) is 7.55. The summed E-state index contributed by atoms with van der Waals surface area (Å²) in [5, 5.41) is 3.47. The van der Waals surface area contributed by atoms with Crippen LogP contribution in [0.25, 0.3) is 0 Å². The van der Waals surface area contributed by atoms with Crippen LogP contribution < -0.4 is 5.32 Å². The molecular formula is C14H26N2O2. The molecular weight excluding hydrogens is 228 g/mol. The lowest BCUT2D eigenvalue weighted by Crippen LogP contribution is -2.55. The van der Waals surface area contributed by atoms with Gasteiger partial charge in [-0.2, -0.15) is 0 Å². The topological polar surface area (TPSA) is 41.6 Å². The Balaban J connectivity index is 2.07. The first-order valence-electron chi connectivity index (χ1n) is 7.34. The van der Waals surface area contributed by atoms with Crippen molar-refractivity contribution in [3.05, 3.63) is 0 Å². The van der Waals surface area contributed by atoms with Gasteiger partial charge in [0.1, 0.15) is 0 Å². The van der Waals surface area contributed by atoms with E-state index in [1.54, 1.807) is 0 Å². The van der Waals surface area contributed by atoms with E-state index in [9.17, 15) is 4.79 Å². The zero-order chi connectivity index (χ0) is 13.0. The molecule has 2 aliphatic heterocycles. The molecule has 0 saturated carbocycles. The van der Waals surface area contributed by atoms with E-state index in [1.165, 1.54) is 0 Å². The largest absolute Gasteiger partial charge is 0.377 e. The molecule has 1 N–H and O–H groups in total. The Labute approximate surface area is 110 Å². The highest BCUT2D eigenvalue weighted by Gasteiger charge is 2.42. The number of amides is 1. The minimum absolute atomic E-state index is 0.163. The van der Waals surface area contributed by atoms with Crippen molar-refractivity contribution in [3.63, 3.8) is 0 Å². The van der Waals surface area contributed by atoms with Gasteiger partial charge in [-0.05, 0) is 39.2 Å². The van der Waals surface area contributed by atoms with Crippen molar-refractivity contribution >= 4 is 5.91 Å². The molecule has 0 aromatic carbocycles. The third-order valence-electron chi connectivity index (χ3n) is 4.07. The summed E-state index contributed by atoms with van der Waals surface area (Å²) in [6.07, 6.45) is 5.24. The summed E-state index contributed by atoms with van der Waals surface area (Å²) in [5.74, 6) is 0.305. The lowest BCUT2D eigenvalue weighted by Gasteiger charge is -2.34. The van der Waals surface area contributed by atoms with Crippen molar-refractivity contribution in [2.45, 2.75) is 57.6 Å². The summed E-state index contributed by atoms with van der Waals surface area (Å²) >= 11 is 0. The molecule has 0 aromatic rings. The van der Waals surface area contributed by atoms with Crippen molar-refractivity contribution in [1.82, 2.24) is 10.2 Å². The van der Waals surface area contributed by atoms with Gasteiger partial charge >= 0.3 is 0 Å². The SMILES string of the molecule is CCCC1(C(=O)N2CCCOC(C)C2)CCCN1. The third-order valence-corrected chi connectivity index (χ3v) is 4.07. The Morgan fingerprint density at radius 1 is 1.50 bits per heavy atom. The van der Waals surface area contributed by atoms with E-state index >= 15 is 0 Å².